The van der Waals surface area contributed by atoms with Crippen LogP contribution in [0.1, 0.15) is 62.2 Å². The fourth-order valence-corrected chi connectivity index (χ4v) is 5.08. The van der Waals surface area contributed by atoms with Gasteiger partial charge in [0.2, 0.25) is 0 Å². The highest BCUT2D eigenvalue weighted by molar-refractivity contribution is 6.76. The Hall–Kier alpha value is -3.59. The zero-order valence-electron chi connectivity index (χ0n) is 25.2. The van der Waals surface area contributed by atoms with Crippen molar-refractivity contribution < 1.29 is 38.1 Å². The molecule has 0 heterocycles. The summed E-state index contributed by atoms with van der Waals surface area (Å²) in [5.74, 6) is -0.407. The minimum Gasteiger partial charge on any atom is -0.496 e. The van der Waals surface area contributed by atoms with E-state index in [-0.39, 0.29) is 17.1 Å². The molecule has 218 valence electrons. The third kappa shape index (κ3) is 8.71. The fraction of sp³-hybridized carbons (Fsp3) is 0.452. The van der Waals surface area contributed by atoms with E-state index >= 15 is 0 Å². The van der Waals surface area contributed by atoms with Crippen LogP contribution < -0.4 is 9.47 Å². The van der Waals surface area contributed by atoms with Crippen LogP contribution in [0.2, 0.25) is 25.7 Å². The Bertz CT molecular complexity index is 1180. The number of unbranched alkanes of at least 4 members (excludes halogenated alkanes) is 1. The van der Waals surface area contributed by atoms with Crippen molar-refractivity contribution in [2.45, 2.75) is 58.8 Å². The SMILES string of the molecule is COC(=O)c1cc(C(=CCCCC(=O)OCC[Si](C)(C)C)c2cc(C)c(OC)c(C(=O)OC)c2)cc(C)c1OC. The lowest BCUT2D eigenvalue weighted by Crippen LogP contribution is -2.22. The Morgan fingerprint density at radius 3 is 1.65 bits per heavy atom. The summed E-state index contributed by atoms with van der Waals surface area (Å²) in [5, 5.41) is 0. The molecule has 0 spiro atoms. The van der Waals surface area contributed by atoms with Crippen molar-refractivity contribution in [1.29, 1.82) is 0 Å². The summed E-state index contributed by atoms with van der Waals surface area (Å²) in [6.07, 6.45) is 3.43. The highest BCUT2D eigenvalue weighted by Gasteiger charge is 2.22. The van der Waals surface area contributed by atoms with Gasteiger partial charge >= 0.3 is 17.9 Å². The standard InChI is InChI=1S/C31H42O8Si/c1-20-16-22(18-25(28(20)35-3)30(33)37-5)24(12-10-11-13-27(32)39-14-15-40(7,8)9)23-17-21(2)29(36-4)26(19-23)31(34)38-6/h12,16-19H,10-11,13-15H2,1-9H3. The molecular weight excluding hydrogens is 528 g/mol. The summed E-state index contributed by atoms with van der Waals surface area (Å²) in [7, 11) is 4.37. The van der Waals surface area contributed by atoms with E-state index in [1.54, 1.807) is 12.1 Å². The van der Waals surface area contributed by atoms with E-state index in [0.717, 1.165) is 33.9 Å². The van der Waals surface area contributed by atoms with Crippen LogP contribution >= 0.6 is 0 Å². The maximum absolute atomic E-state index is 12.6. The second-order valence-electron chi connectivity index (χ2n) is 10.8. The van der Waals surface area contributed by atoms with Crippen molar-refractivity contribution in [2.75, 3.05) is 35.0 Å². The number of methoxy groups -OCH3 is 4. The molecule has 0 radical (unpaired) electrons. The van der Waals surface area contributed by atoms with Crippen LogP contribution in [0.4, 0.5) is 0 Å². The molecule has 9 heteroatoms. The normalized spacial score (nSPS) is 10.9. The van der Waals surface area contributed by atoms with Gasteiger partial charge in [-0.25, -0.2) is 9.59 Å². The number of carbonyl (C=O) groups is 3. The molecule has 0 aliphatic rings. The highest BCUT2D eigenvalue weighted by atomic mass is 28.3. The van der Waals surface area contributed by atoms with Crippen molar-refractivity contribution in [3.05, 3.63) is 63.7 Å². The first-order chi connectivity index (χ1) is 18.9. The van der Waals surface area contributed by atoms with Gasteiger partial charge in [-0.1, -0.05) is 25.7 Å². The van der Waals surface area contributed by atoms with Crippen LogP contribution in [-0.4, -0.2) is 61.0 Å². The number of hydrogen-bond acceptors (Lipinski definition) is 8. The van der Waals surface area contributed by atoms with Crippen LogP contribution in [0, 0.1) is 13.8 Å². The van der Waals surface area contributed by atoms with Crippen molar-refractivity contribution in [3.63, 3.8) is 0 Å². The first-order valence-electron chi connectivity index (χ1n) is 13.3. The molecule has 40 heavy (non-hydrogen) atoms. The molecule has 0 aliphatic carbocycles. The highest BCUT2D eigenvalue weighted by Crippen LogP contribution is 2.35. The van der Waals surface area contributed by atoms with Gasteiger partial charge in [0, 0.05) is 14.5 Å². The fourth-order valence-electron chi connectivity index (χ4n) is 4.36. The van der Waals surface area contributed by atoms with Gasteiger partial charge in [-0.15, -0.1) is 0 Å². The Balaban J connectivity index is 2.52. The van der Waals surface area contributed by atoms with Gasteiger partial charge in [-0.3, -0.25) is 4.79 Å². The second kappa shape index (κ2) is 14.7. The third-order valence-corrected chi connectivity index (χ3v) is 8.14. The van der Waals surface area contributed by atoms with E-state index in [9.17, 15) is 14.4 Å². The van der Waals surface area contributed by atoms with Gasteiger partial charge in [0.1, 0.15) is 22.6 Å². The monoisotopic (exact) mass is 570 g/mol. The molecule has 0 aromatic heterocycles. The molecule has 0 bridgehead atoms. The quantitative estimate of drug-likeness (QED) is 0.118. The molecule has 2 aromatic carbocycles. The van der Waals surface area contributed by atoms with Crippen molar-refractivity contribution in [1.82, 2.24) is 0 Å². The van der Waals surface area contributed by atoms with Crippen LogP contribution in [0.15, 0.2) is 30.3 Å². The molecule has 0 fully saturated rings. The lowest BCUT2D eigenvalue weighted by molar-refractivity contribution is -0.143. The number of ether oxygens (including phenoxy) is 5. The largest absolute Gasteiger partial charge is 0.496 e. The average Bonchev–Trinajstić information content (AvgIpc) is 2.90. The molecular formula is C31H42O8Si. The van der Waals surface area contributed by atoms with Crippen molar-refractivity contribution in [2.24, 2.45) is 0 Å². The van der Waals surface area contributed by atoms with Crippen molar-refractivity contribution >= 4 is 31.6 Å². The van der Waals surface area contributed by atoms with E-state index in [4.69, 9.17) is 23.7 Å². The third-order valence-electron chi connectivity index (χ3n) is 6.44. The average molecular weight is 571 g/mol. The smallest absolute Gasteiger partial charge is 0.341 e. The van der Waals surface area contributed by atoms with E-state index < -0.39 is 20.0 Å². The van der Waals surface area contributed by atoms with Crippen LogP contribution in [0.5, 0.6) is 11.5 Å². The number of aryl methyl sites for hydroxylation is 2. The Morgan fingerprint density at radius 2 is 1.25 bits per heavy atom. The van der Waals surface area contributed by atoms with E-state index in [0.29, 0.717) is 37.4 Å². The number of rotatable bonds is 13. The second-order valence-corrected chi connectivity index (χ2v) is 16.4. The summed E-state index contributed by atoms with van der Waals surface area (Å²) < 4.78 is 26.4. The Morgan fingerprint density at radius 1 is 0.775 bits per heavy atom. The Kier molecular flexibility index (Phi) is 12.0. The predicted octanol–water partition coefficient (Wildman–Crippen LogP) is 6.38. The molecule has 0 aliphatic heterocycles. The predicted molar refractivity (Wildman–Crippen MR) is 158 cm³/mol. The summed E-state index contributed by atoms with van der Waals surface area (Å²) in [6, 6.07) is 8.19. The number of benzene rings is 2. The number of hydrogen-bond donors (Lipinski definition) is 0. The number of carbonyl (C=O) groups excluding carboxylic acids is 3. The van der Waals surface area contributed by atoms with E-state index in [1.165, 1.54) is 28.4 Å². The van der Waals surface area contributed by atoms with Gasteiger partial charge in [-0.05, 0) is 84.8 Å². The van der Waals surface area contributed by atoms with Crippen molar-refractivity contribution in [3.8, 4) is 11.5 Å². The first kappa shape index (κ1) is 32.6. The molecule has 0 unspecified atom stereocenters. The number of esters is 3. The maximum atomic E-state index is 12.6. The minimum atomic E-state index is -1.28. The summed E-state index contributed by atoms with van der Waals surface area (Å²) in [4.78, 5) is 37.5. The Labute approximate surface area is 238 Å². The lowest BCUT2D eigenvalue weighted by Gasteiger charge is -2.18. The molecule has 0 amide bonds. The summed E-state index contributed by atoms with van der Waals surface area (Å²) in [6.45, 7) is 10.9. The molecule has 0 saturated heterocycles. The number of allylic oxidation sites excluding steroid dienone is 1. The molecule has 2 rings (SSSR count). The first-order valence-corrected chi connectivity index (χ1v) is 17.0. The lowest BCUT2D eigenvalue weighted by atomic mass is 9.90. The minimum absolute atomic E-state index is 0.213. The summed E-state index contributed by atoms with van der Waals surface area (Å²) >= 11 is 0. The molecule has 2 aromatic rings. The zero-order chi connectivity index (χ0) is 30.0. The molecule has 0 N–H and O–H groups in total. The molecule has 0 saturated carbocycles. The molecule has 8 nitrogen and oxygen atoms in total. The van der Waals surface area contributed by atoms with Gasteiger partial charge < -0.3 is 23.7 Å². The van der Waals surface area contributed by atoms with Crippen LogP contribution in [0.25, 0.3) is 5.57 Å². The molecule has 0 atom stereocenters. The topological polar surface area (TPSA) is 97.4 Å². The zero-order valence-corrected chi connectivity index (χ0v) is 26.2. The maximum Gasteiger partial charge on any atom is 0.341 e. The van der Waals surface area contributed by atoms with Gasteiger partial charge in [0.15, 0.2) is 0 Å². The van der Waals surface area contributed by atoms with E-state index in [2.05, 4.69) is 19.6 Å². The van der Waals surface area contributed by atoms with Gasteiger partial charge in [0.05, 0.1) is 35.0 Å². The van der Waals surface area contributed by atoms with Gasteiger partial charge in [-0.2, -0.15) is 0 Å². The van der Waals surface area contributed by atoms with Gasteiger partial charge in [0.25, 0.3) is 0 Å². The van der Waals surface area contributed by atoms with Crippen LogP contribution in [0.3, 0.4) is 0 Å². The summed E-state index contributed by atoms with van der Waals surface area (Å²) in [5.41, 5.74) is 4.31. The van der Waals surface area contributed by atoms with E-state index in [1.807, 2.05) is 32.1 Å². The van der Waals surface area contributed by atoms with Crippen LogP contribution in [-0.2, 0) is 19.0 Å².